The highest BCUT2D eigenvalue weighted by atomic mass is 32.1. The van der Waals surface area contributed by atoms with E-state index < -0.39 is 0 Å². The van der Waals surface area contributed by atoms with Crippen LogP contribution in [0.5, 0.6) is 0 Å². The fraction of sp³-hybridized carbons (Fsp3) is 0.350. The zero-order chi connectivity index (χ0) is 21.1. The molecule has 0 aromatic carbocycles. The first kappa shape index (κ1) is 18.6. The lowest BCUT2D eigenvalue weighted by Crippen LogP contribution is -2.43. The van der Waals surface area contributed by atoms with Gasteiger partial charge in [-0.15, -0.1) is 11.3 Å². The Morgan fingerprint density at radius 1 is 1.35 bits per heavy atom. The maximum atomic E-state index is 12.8. The van der Waals surface area contributed by atoms with Crippen LogP contribution in [-0.4, -0.2) is 49.0 Å². The van der Waals surface area contributed by atoms with Crippen LogP contribution in [0.1, 0.15) is 28.8 Å². The number of aliphatic imine (C=N–C) groups is 1. The van der Waals surface area contributed by atoms with E-state index in [1.165, 1.54) is 15.4 Å². The number of nitrogens with zero attached hydrogens (tertiary/aromatic N) is 6. The number of furan rings is 1. The van der Waals surface area contributed by atoms with E-state index in [9.17, 15) is 4.79 Å². The van der Waals surface area contributed by atoms with Crippen LogP contribution in [0.25, 0.3) is 5.78 Å². The van der Waals surface area contributed by atoms with Crippen molar-refractivity contribution in [2.45, 2.75) is 32.6 Å². The first-order valence-corrected chi connectivity index (χ1v) is 11.1. The summed E-state index contributed by atoms with van der Waals surface area (Å²) in [6, 6.07) is 5.84. The molecule has 0 amide bonds. The van der Waals surface area contributed by atoms with Crippen LogP contribution in [0.2, 0.25) is 0 Å². The van der Waals surface area contributed by atoms with Gasteiger partial charge in [0.2, 0.25) is 5.78 Å². The van der Waals surface area contributed by atoms with Crippen molar-refractivity contribution >= 4 is 28.6 Å². The molecule has 0 spiro atoms. The number of hydrazine groups is 1. The van der Waals surface area contributed by atoms with E-state index in [0.29, 0.717) is 35.3 Å². The Morgan fingerprint density at radius 3 is 3.10 bits per heavy atom. The van der Waals surface area contributed by atoms with Gasteiger partial charge in [0.1, 0.15) is 17.6 Å². The number of aromatic amines is 1. The molecule has 2 aliphatic rings. The molecule has 0 fully saturated rings. The Bertz CT molecular complexity index is 1340. The van der Waals surface area contributed by atoms with E-state index in [-0.39, 0.29) is 11.9 Å². The molecule has 0 saturated heterocycles. The summed E-state index contributed by atoms with van der Waals surface area (Å²) < 4.78 is 8.91. The number of aromatic nitrogens is 4. The number of imidazole rings is 1. The lowest BCUT2D eigenvalue weighted by atomic mass is 10.1. The molecule has 4 aromatic heterocycles. The van der Waals surface area contributed by atoms with Gasteiger partial charge in [-0.25, -0.2) is 20.3 Å². The minimum absolute atomic E-state index is 0.209. The zero-order valence-corrected chi connectivity index (χ0v) is 17.8. The lowest BCUT2D eigenvalue weighted by Gasteiger charge is -2.26. The minimum atomic E-state index is -0.305. The first-order chi connectivity index (χ1) is 15.1. The summed E-state index contributed by atoms with van der Waals surface area (Å²) >= 11 is 1.83. The SMILES string of the molecule is CC1N=C(c2ccco2)c2c(nc3n(CCN4CCc5sccc5C4)c(=O)[nH]n23)N1N. The molecule has 10 nitrogen and oxygen atoms in total. The third-order valence-electron chi connectivity index (χ3n) is 6.00. The molecular formula is C20H22N8O2S. The number of nitrogens with two attached hydrogens (primary N) is 1. The highest BCUT2D eigenvalue weighted by molar-refractivity contribution is 7.10. The summed E-state index contributed by atoms with van der Waals surface area (Å²) in [5.74, 6) is 7.95. The molecule has 0 bridgehead atoms. The van der Waals surface area contributed by atoms with Crippen molar-refractivity contribution in [2.24, 2.45) is 10.8 Å². The Balaban J connectivity index is 1.35. The molecule has 1 atom stereocenters. The minimum Gasteiger partial charge on any atom is -0.463 e. The number of fused-ring (bicyclic) bond motifs is 4. The number of hydrogen-bond donors (Lipinski definition) is 2. The number of nitrogens with one attached hydrogen (secondary N) is 1. The van der Waals surface area contributed by atoms with E-state index in [1.54, 1.807) is 21.4 Å². The van der Waals surface area contributed by atoms with Crippen molar-refractivity contribution in [1.82, 2.24) is 24.1 Å². The van der Waals surface area contributed by atoms with E-state index >= 15 is 0 Å². The Kier molecular flexibility index (Phi) is 4.16. The third-order valence-corrected chi connectivity index (χ3v) is 7.03. The molecule has 2 aliphatic heterocycles. The van der Waals surface area contributed by atoms with Gasteiger partial charge in [0.05, 0.1) is 6.26 Å². The molecule has 0 saturated carbocycles. The topological polar surface area (TPSA) is 113 Å². The van der Waals surface area contributed by atoms with Crippen molar-refractivity contribution in [3.05, 3.63) is 62.2 Å². The molecule has 4 aromatic rings. The normalized spacial score (nSPS) is 19.0. The number of anilines is 1. The second kappa shape index (κ2) is 6.94. The summed E-state index contributed by atoms with van der Waals surface area (Å²) in [4.78, 5) is 26.0. The predicted octanol–water partition coefficient (Wildman–Crippen LogP) is 1.41. The molecule has 11 heteroatoms. The van der Waals surface area contributed by atoms with Gasteiger partial charge in [-0.1, -0.05) is 0 Å². The average molecular weight is 439 g/mol. The molecule has 6 rings (SSSR count). The van der Waals surface area contributed by atoms with Crippen molar-refractivity contribution in [1.29, 1.82) is 0 Å². The maximum absolute atomic E-state index is 12.8. The molecule has 160 valence electrons. The molecule has 0 aliphatic carbocycles. The molecule has 0 radical (unpaired) electrons. The monoisotopic (exact) mass is 438 g/mol. The van der Waals surface area contributed by atoms with Crippen LogP contribution in [-0.2, 0) is 19.5 Å². The van der Waals surface area contributed by atoms with Gasteiger partial charge in [-0.05, 0) is 42.5 Å². The van der Waals surface area contributed by atoms with Gasteiger partial charge in [0, 0.05) is 31.1 Å². The van der Waals surface area contributed by atoms with Crippen LogP contribution in [0.15, 0.2) is 44.0 Å². The highest BCUT2D eigenvalue weighted by Crippen LogP contribution is 2.29. The molecule has 3 N–H and O–H groups in total. The van der Waals surface area contributed by atoms with Crippen molar-refractivity contribution in [2.75, 3.05) is 18.1 Å². The van der Waals surface area contributed by atoms with E-state index in [4.69, 9.17) is 15.2 Å². The van der Waals surface area contributed by atoms with Gasteiger partial charge in [0.25, 0.3) is 0 Å². The standard InChI is InChI=1S/C20H22N8O2S/c1-12-22-16(14-3-2-9-30-14)17-18(27(12)21)23-19-26(20(29)24-28(17)19)8-7-25-6-4-15-13(11-25)5-10-31-15/h2-3,5,9-10,12H,4,6-8,11,21H2,1H3,(H,24,29). The lowest BCUT2D eigenvalue weighted by molar-refractivity contribution is 0.246. The summed E-state index contributed by atoms with van der Waals surface area (Å²) in [6.07, 6.45) is 2.35. The molecule has 1 unspecified atom stereocenters. The van der Waals surface area contributed by atoms with Crippen LogP contribution >= 0.6 is 11.3 Å². The first-order valence-electron chi connectivity index (χ1n) is 10.2. The molecule has 31 heavy (non-hydrogen) atoms. The van der Waals surface area contributed by atoms with Crippen LogP contribution in [0.3, 0.4) is 0 Å². The van der Waals surface area contributed by atoms with E-state index in [2.05, 4.69) is 26.4 Å². The third kappa shape index (κ3) is 2.88. The van der Waals surface area contributed by atoms with Crippen LogP contribution in [0, 0.1) is 0 Å². The second-order valence-corrected chi connectivity index (χ2v) is 8.88. The van der Waals surface area contributed by atoms with Crippen LogP contribution in [0.4, 0.5) is 5.82 Å². The van der Waals surface area contributed by atoms with Crippen molar-refractivity contribution in [3.63, 3.8) is 0 Å². The Labute approximate surface area is 181 Å². The molecule has 6 heterocycles. The van der Waals surface area contributed by atoms with E-state index in [0.717, 1.165) is 26.1 Å². The Morgan fingerprint density at radius 2 is 2.26 bits per heavy atom. The quantitative estimate of drug-likeness (QED) is 0.466. The number of H-pyrrole nitrogens is 1. The Hall–Kier alpha value is -3.15. The van der Waals surface area contributed by atoms with Gasteiger partial charge < -0.3 is 4.42 Å². The zero-order valence-electron chi connectivity index (χ0n) is 17.0. The van der Waals surface area contributed by atoms with Gasteiger partial charge in [-0.3, -0.25) is 19.5 Å². The van der Waals surface area contributed by atoms with Crippen molar-refractivity contribution in [3.8, 4) is 0 Å². The van der Waals surface area contributed by atoms with E-state index in [1.807, 2.05) is 24.3 Å². The number of rotatable bonds is 4. The van der Waals surface area contributed by atoms with Crippen molar-refractivity contribution < 1.29 is 4.42 Å². The molecular weight excluding hydrogens is 416 g/mol. The fourth-order valence-electron chi connectivity index (χ4n) is 4.34. The largest absolute Gasteiger partial charge is 0.463 e. The second-order valence-electron chi connectivity index (χ2n) is 7.88. The summed E-state index contributed by atoms with van der Waals surface area (Å²) in [5, 5.41) is 6.57. The van der Waals surface area contributed by atoms with Crippen LogP contribution < -0.4 is 16.5 Å². The van der Waals surface area contributed by atoms with Gasteiger partial charge in [-0.2, -0.15) is 4.98 Å². The van der Waals surface area contributed by atoms with Gasteiger partial charge >= 0.3 is 5.69 Å². The highest BCUT2D eigenvalue weighted by Gasteiger charge is 2.33. The predicted molar refractivity (Wildman–Crippen MR) is 118 cm³/mol. The summed E-state index contributed by atoms with van der Waals surface area (Å²) in [6.45, 7) is 5.11. The maximum Gasteiger partial charge on any atom is 0.343 e. The number of thiophene rings is 1. The number of hydrogen-bond acceptors (Lipinski definition) is 8. The smallest absolute Gasteiger partial charge is 0.343 e. The summed E-state index contributed by atoms with van der Waals surface area (Å²) in [7, 11) is 0. The average Bonchev–Trinajstić information content (AvgIpc) is 3.53. The summed E-state index contributed by atoms with van der Waals surface area (Å²) in [5.41, 5.74) is 2.43. The van der Waals surface area contributed by atoms with Gasteiger partial charge in [0.15, 0.2) is 11.6 Å². The fourth-order valence-corrected chi connectivity index (χ4v) is 5.23.